The molecule has 3 heterocycles. The molecule has 0 bridgehead atoms. The average Bonchev–Trinajstić information content (AvgIpc) is 3.33. The van der Waals surface area contributed by atoms with E-state index in [1.807, 2.05) is 6.07 Å². The Bertz CT molecular complexity index is 971. The van der Waals surface area contributed by atoms with E-state index in [0.717, 1.165) is 19.0 Å². The third-order valence-electron chi connectivity index (χ3n) is 5.19. The molecule has 2 N–H and O–H groups in total. The van der Waals surface area contributed by atoms with Gasteiger partial charge in [0.2, 0.25) is 0 Å². The van der Waals surface area contributed by atoms with Crippen LogP contribution >= 0.6 is 22.7 Å². The number of quaternary nitrogens is 1. The molecule has 28 heavy (non-hydrogen) atoms. The lowest BCUT2D eigenvalue weighted by Crippen LogP contribution is -3.14. The van der Waals surface area contributed by atoms with E-state index in [1.54, 1.807) is 29.6 Å². The first-order chi connectivity index (χ1) is 13.5. The second-order valence-corrected chi connectivity index (χ2v) is 9.02. The second kappa shape index (κ2) is 8.11. The lowest BCUT2D eigenvalue weighted by atomic mass is 9.98. The van der Waals surface area contributed by atoms with Crippen molar-refractivity contribution < 1.29 is 18.5 Å². The first kappa shape index (κ1) is 19.2. The van der Waals surface area contributed by atoms with E-state index in [9.17, 15) is 13.6 Å². The molecule has 0 aliphatic carbocycles. The van der Waals surface area contributed by atoms with Gasteiger partial charge in [-0.2, -0.15) is 0 Å². The third kappa shape index (κ3) is 3.87. The van der Waals surface area contributed by atoms with Crippen molar-refractivity contribution in [3.63, 3.8) is 0 Å². The summed E-state index contributed by atoms with van der Waals surface area (Å²) in [6, 6.07) is 9.40. The molecule has 0 saturated carbocycles. The summed E-state index contributed by atoms with van der Waals surface area (Å²) in [5.41, 5.74) is 1.59. The number of nitrogens with one attached hydrogen (secondary N) is 2. The number of carbonyl (C=O) groups excluding carboxylic acids is 1. The minimum atomic E-state index is -0.641. The van der Waals surface area contributed by atoms with Gasteiger partial charge in [-0.25, -0.2) is 8.78 Å². The maximum absolute atomic E-state index is 14.0. The van der Waals surface area contributed by atoms with Crippen LogP contribution in [0.4, 0.5) is 8.78 Å². The van der Waals surface area contributed by atoms with E-state index in [0.29, 0.717) is 12.1 Å². The Labute approximate surface area is 170 Å². The van der Waals surface area contributed by atoms with Gasteiger partial charge in [0.1, 0.15) is 17.7 Å². The van der Waals surface area contributed by atoms with Gasteiger partial charge < -0.3 is 10.2 Å². The number of hydrogen-bond acceptors (Lipinski definition) is 3. The minimum Gasteiger partial charge on any atom is -0.345 e. The molecular weight excluding hydrogens is 398 g/mol. The van der Waals surface area contributed by atoms with Crippen molar-refractivity contribution in [3.8, 4) is 0 Å². The highest BCUT2D eigenvalue weighted by atomic mass is 32.1. The smallest absolute Gasteiger partial charge is 0.275 e. The Hall–Kier alpha value is -2.09. The molecule has 3 nitrogen and oxygen atoms in total. The second-order valence-electron chi connectivity index (χ2n) is 7.04. The molecule has 7 heteroatoms. The van der Waals surface area contributed by atoms with Crippen LogP contribution in [-0.2, 0) is 11.2 Å². The van der Waals surface area contributed by atoms with Crippen LogP contribution in [0.2, 0.25) is 0 Å². The summed E-state index contributed by atoms with van der Waals surface area (Å²) in [5.74, 6) is -1.40. The van der Waals surface area contributed by atoms with Gasteiger partial charge >= 0.3 is 0 Å². The van der Waals surface area contributed by atoms with Crippen LogP contribution in [0.3, 0.4) is 0 Å². The largest absolute Gasteiger partial charge is 0.345 e. The van der Waals surface area contributed by atoms with Crippen molar-refractivity contribution in [1.82, 2.24) is 5.32 Å². The zero-order chi connectivity index (χ0) is 19.7. The fraction of sp³-hybridized carbons (Fsp3) is 0.286. The number of hydrogen-bond donors (Lipinski definition) is 2. The Balaban J connectivity index is 1.49. The number of rotatable bonds is 5. The van der Waals surface area contributed by atoms with Crippen LogP contribution in [0.25, 0.3) is 0 Å². The summed E-state index contributed by atoms with van der Waals surface area (Å²) in [6.07, 6.45) is 0.958. The van der Waals surface area contributed by atoms with Crippen LogP contribution in [-0.4, -0.2) is 19.0 Å². The Kier molecular flexibility index (Phi) is 5.57. The van der Waals surface area contributed by atoms with Gasteiger partial charge in [0.05, 0.1) is 17.5 Å². The molecule has 2 aromatic heterocycles. The van der Waals surface area contributed by atoms with Gasteiger partial charge in [0.15, 0.2) is 6.54 Å². The van der Waals surface area contributed by atoms with E-state index in [1.165, 1.54) is 32.4 Å². The lowest BCUT2D eigenvalue weighted by molar-refractivity contribution is -0.919. The van der Waals surface area contributed by atoms with Crippen LogP contribution in [0, 0.1) is 11.6 Å². The highest BCUT2D eigenvalue weighted by molar-refractivity contribution is 7.10. The van der Waals surface area contributed by atoms with Crippen molar-refractivity contribution in [3.05, 3.63) is 79.7 Å². The predicted molar refractivity (Wildman–Crippen MR) is 108 cm³/mol. The standard InChI is InChI=1S/C21H20F2N2OS2/c1-13(15-5-4-14(22)11-17(15)23)24-20(26)12-25-8-6-18-16(7-10-28-18)21(25)19-3-2-9-27-19/h2-5,7,9-11,13,21H,6,8,12H2,1H3,(H,24,26)/p+1/t13-,21-/m1/s1. The number of fused-ring (bicyclic) bond motifs is 1. The van der Waals surface area contributed by atoms with Gasteiger partial charge in [-0.3, -0.25) is 4.79 Å². The lowest BCUT2D eigenvalue weighted by Gasteiger charge is -2.32. The molecule has 0 spiro atoms. The number of carbonyl (C=O) groups is 1. The van der Waals surface area contributed by atoms with Crippen LogP contribution < -0.4 is 10.2 Å². The van der Waals surface area contributed by atoms with Gasteiger partial charge in [-0.05, 0) is 35.9 Å². The van der Waals surface area contributed by atoms with E-state index >= 15 is 0 Å². The van der Waals surface area contributed by atoms with E-state index < -0.39 is 17.7 Å². The SMILES string of the molecule is C[C@@H](NC(=O)C[NH+]1CCc2sccc2[C@@H]1c1cccs1)c1ccc(F)cc1F. The van der Waals surface area contributed by atoms with Crippen molar-refractivity contribution in [2.24, 2.45) is 0 Å². The Morgan fingerprint density at radius 3 is 2.86 bits per heavy atom. The van der Waals surface area contributed by atoms with Gasteiger partial charge in [-0.1, -0.05) is 12.1 Å². The molecule has 3 aromatic rings. The molecule has 0 saturated heterocycles. The minimum absolute atomic E-state index is 0.133. The third-order valence-corrected chi connectivity index (χ3v) is 7.13. The van der Waals surface area contributed by atoms with Crippen molar-refractivity contribution >= 4 is 28.6 Å². The summed E-state index contributed by atoms with van der Waals surface area (Å²) in [4.78, 5) is 16.6. The van der Waals surface area contributed by atoms with Crippen LogP contribution in [0.5, 0.6) is 0 Å². The fourth-order valence-corrected chi connectivity index (χ4v) is 5.70. The fourth-order valence-electron chi connectivity index (χ4n) is 3.88. The Morgan fingerprint density at radius 1 is 1.25 bits per heavy atom. The summed E-state index contributed by atoms with van der Waals surface area (Å²) in [6.45, 7) is 2.90. The molecule has 1 amide bonds. The maximum atomic E-state index is 14.0. The van der Waals surface area contributed by atoms with E-state index in [4.69, 9.17) is 0 Å². The number of benzene rings is 1. The normalized spacial score (nSPS) is 19.8. The molecule has 1 aliphatic rings. The summed E-state index contributed by atoms with van der Waals surface area (Å²) in [7, 11) is 0. The van der Waals surface area contributed by atoms with Gasteiger partial charge in [-0.15, -0.1) is 22.7 Å². The molecule has 0 radical (unpaired) electrons. The highest BCUT2D eigenvalue weighted by Gasteiger charge is 2.35. The van der Waals surface area contributed by atoms with E-state index in [2.05, 4.69) is 28.2 Å². The Morgan fingerprint density at radius 2 is 2.11 bits per heavy atom. The number of amides is 1. The number of halogens is 2. The van der Waals surface area contributed by atoms with Crippen molar-refractivity contribution in [2.45, 2.75) is 25.4 Å². The predicted octanol–water partition coefficient (Wildman–Crippen LogP) is 3.50. The van der Waals surface area contributed by atoms with Crippen molar-refractivity contribution in [1.29, 1.82) is 0 Å². The molecular formula is C21H21F2N2OS2+. The topological polar surface area (TPSA) is 33.5 Å². The quantitative estimate of drug-likeness (QED) is 0.652. The van der Waals surface area contributed by atoms with Gasteiger partial charge in [0.25, 0.3) is 5.91 Å². The molecule has 3 atom stereocenters. The summed E-state index contributed by atoms with van der Waals surface area (Å²) < 4.78 is 27.1. The average molecular weight is 420 g/mol. The highest BCUT2D eigenvalue weighted by Crippen LogP contribution is 2.31. The first-order valence-corrected chi connectivity index (χ1v) is 11.0. The molecule has 4 rings (SSSR count). The molecule has 1 unspecified atom stereocenters. The molecule has 0 fully saturated rings. The summed E-state index contributed by atoms with van der Waals surface area (Å²) >= 11 is 3.48. The maximum Gasteiger partial charge on any atom is 0.275 e. The summed E-state index contributed by atoms with van der Waals surface area (Å²) in [5, 5.41) is 7.05. The monoisotopic (exact) mass is 419 g/mol. The zero-order valence-electron chi connectivity index (χ0n) is 15.4. The van der Waals surface area contributed by atoms with Crippen LogP contribution in [0.15, 0.2) is 47.2 Å². The molecule has 1 aromatic carbocycles. The number of thiophene rings is 2. The van der Waals surface area contributed by atoms with Crippen molar-refractivity contribution in [2.75, 3.05) is 13.1 Å². The van der Waals surface area contributed by atoms with E-state index in [-0.39, 0.29) is 11.9 Å². The first-order valence-electron chi connectivity index (χ1n) is 9.21. The molecule has 1 aliphatic heterocycles. The molecule has 146 valence electrons. The van der Waals surface area contributed by atoms with Crippen LogP contribution in [0.1, 0.15) is 39.9 Å². The van der Waals surface area contributed by atoms with Gasteiger partial charge in [0, 0.05) is 28.5 Å². The zero-order valence-corrected chi connectivity index (χ0v) is 17.0.